The average molecular weight is 302 g/mol. The fourth-order valence-electron chi connectivity index (χ4n) is 7.20. The Hall–Kier alpha value is -0.700. The molecule has 8 atom stereocenters. The first kappa shape index (κ1) is 13.7. The molecule has 0 spiro atoms. The molecule has 0 aromatic rings. The van der Waals surface area contributed by atoms with E-state index in [0.717, 1.165) is 38.5 Å². The lowest BCUT2D eigenvalue weighted by atomic mass is 9.45. The van der Waals surface area contributed by atoms with E-state index in [-0.39, 0.29) is 23.0 Å². The predicted octanol–water partition coefficient (Wildman–Crippen LogP) is 3.15. The second-order valence-electron chi connectivity index (χ2n) is 9.08. The van der Waals surface area contributed by atoms with E-state index in [1.807, 2.05) is 0 Å². The summed E-state index contributed by atoms with van der Waals surface area (Å²) in [4.78, 5) is 24.5. The van der Waals surface area contributed by atoms with Crippen LogP contribution in [0.25, 0.3) is 0 Å². The van der Waals surface area contributed by atoms with Crippen LogP contribution in [-0.2, 0) is 14.3 Å². The van der Waals surface area contributed by atoms with Crippen LogP contribution in [-0.4, -0.2) is 23.8 Å². The molecule has 3 nitrogen and oxygen atoms in total. The highest BCUT2D eigenvalue weighted by molar-refractivity contribution is 5.88. The van der Waals surface area contributed by atoms with Gasteiger partial charge in [-0.2, -0.15) is 0 Å². The Bertz CT molecular complexity index is 569. The largest absolute Gasteiger partial charge is 0.361 e. The van der Waals surface area contributed by atoms with E-state index in [4.69, 9.17) is 4.74 Å². The van der Waals surface area contributed by atoms with Gasteiger partial charge in [-0.25, -0.2) is 0 Å². The SMILES string of the molecule is C[C@]12[C@@H](CC[C@H]3[C@H]1CC[C@@]1(C)C(=O)CC[C@H]31)CC(=O)[C@@H]1O[C@@H]12. The van der Waals surface area contributed by atoms with Crippen LogP contribution in [0.1, 0.15) is 58.8 Å². The van der Waals surface area contributed by atoms with Crippen LogP contribution in [0.4, 0.5) is 0 Å². The first-order valence-electron chi connectivity index (χ1n) is 9.17. The lowest BCUT2D eigenvalue weighted by Crippen LogP contribution is -2.56. The molecule has 4 saturated carbocycles. The number of epoxide rings is 1. The van der Waals surface area contributed by atoms with Crippen molar-refractivity contribution in [3.8, 4) is 0 Å². The third kappa shape index (κ3) is 1.43. The van der Waals surface area contributed by atoms with Crippen molar-refractivity contribution in [2.24, 2.45) is 34.5 Å². The number of ether oxygens (including phenoxy) is 1. The smallest absolute Gasteiger partial charge is 0.164 e. The fourth-order valence-corrected chi connectivity index (χ4v) is 7.20. The monoisotopic (exact) mass is 302 g/mol. The minimum absolute atomic E-state index is 0.0430. The highest BCUT2D eigenvalue weighted by atomic mass is 16.6. The van der Waals surface area contributed by atoms with Crippen LogP contribution in [0, 0.1) is 34.5 Å². The normalized spacial score (nSPS) is 59.4. The maximum atomic E-state index is 12.4. The van der Waals surface area contributed by atoms with Gasteiger partial charge in [0.15, 0.2) is 5.78 Å². The average Bonchev–Trinajstić information content (AvgIpc) is 3.24. The third-order valence-electron chi connectivity index (χ3n) is 8.54. The number of carbonyl (C=O) groups is 2. The first-order valence-corrected chi connectivity index (χ1v) is 9.17. The molecule has 120 valence electrons. The molecule has 0 aromatic carbocycles. The zero-order valence-corrected chi connectivity index (χ0v) is 13.6. The Morgan fingerprint density at radius 2 is 1.86 bits per heavy atom. The number of hydrogen-bond donors (Lipinski definition) is 0. The second kappa shape index (κ2) is 4.03. The lowest BCUT2D eigenvalue weighted by molar-refractivity contribution is -0.141. The summed E-state index contributed by atoms with van der Waals surface area (Å²) in [6.45, 7) is 4.64. The van der Waals surface area contributed by atoms with Gasteiger partial charge < -0.3 is 4.74 Å². The standard InChI is InChI=1S/C19H26O3/c1-18-8-7-13-11(12(18)5-6-15(18)21)4-3-10-9-14(20)16-17(22-16)19(10,13)2/h10-13,16-17H,3-9H2,1-2H3/t10-,11+,12+,13+,16-,17-,18+,19-/m0/s1. The van der Waals surface area contributed by atoms with Crippen molar-refractivity contribution >= 4 is 11.6 Å². The fraction of sp³-hybridized carbons (Fsp3) is 0.895. The number of Topliss-reactive ketones (excluding diaryl/α,β-unsaturated/α-hetero) is 2. The van der Waals surface area contributed by atoms with Crippen molar-refractivity contribution in [2.75, 3.05) is 0 Å². The van der Waals surface area contributed by atoms with Crippen LogP contribution in [0.5, 0.6) is 0 Å². The quantitative estimate of drug-likeness (QED) is 0.646. The number of ketones is 2. The van der Waals surface area contributed by atoms with E-state index in [1.165, 1.54) is 6.42 Å². The Labute approximate surface area is 132 Å². The van der Waals surface area contributed by atoms with Gasteiger partial charge in [0.2, 0.25) is 0 Å². The van der Waals surface area contributed by atoms with Gasteiger partial charge in [-0.1, -0.05) is 13.8 Å². The molecule has 5 aliphatic rings. The molecule has 1 aliphatic heterocycles. The summed E-state index contributed by atoms with van der Waals surface area (Å²) in [5, 5.41) is 0. The summed E-state index contributed by atoms with van der Waals surface area (Å²) in [6.07, 6.45) is 7.35. The van der Waals surface area contributed by atoms with E-state index in [2.05, 4.69) is 13.8 Å². The van der Waals surface area contributed by atoms with Crippen LogP contribution < -0.4 is 0 Å². The third-order valence-corrected chi connectivity index (χ3v) is 8.54. The van der Waals surface area contributed by atoms with Gasteiger partial charge in [0.25, 0.3) is 0 Å². The minimum atomic E-state index is -0.0847. The van der Waals surface area contributed by atoms with Gasteiger partial charge in [-0.3, -0.25) is 9.59 Å². The van der Waals surface area contributed by atoms with Gasteiger partial charge in [0.1, 0.15) is 11.9 Å². The van der Waals surface area contributed by atoms with Crippen LogP contribution in [0.3, 0.4) is 0 Å². The van der Waals surface area contributed by atoms with E-state index in [1.54, 1.807) is 0 Å². The molecule has 3 heteroatoms. The van der Waals surface area contributed by atoms with Crippen molar-refractivity contribution in [3.63, 3.8) is 0 Å². The van der Waals surface area contributed by atoms with E-state index >= 15 is 0 Å². The summed E-state index contributed by atoms with van der Waals surface area (Å²) in [5.74, 6) is 3.32. The molecule has 0 radical (unpaired) electrons. The molecule has 0 unspecified atom stereocenters. The molecule has 0 amide bonds. The zero-order chi connectivity index (χ0) is 15.3. The Morgan fingerprint density at radius 1 is 1.05 bits per heavy atom. The molecular weight excluding hydrogens is 276 g/mol. The van der Waals surface area contributed by atoms with E-state index in [0.29, 0.717) is 35.2 Å². The number of carbonyl (C=O) groups excluding carboxylic acids is 2. The van der Waals surface area contributed by atoms with Gasteiger partial charge in [0.05, 0.1) is 6.10 Å². The molecule has 22 heavy (non-hydrogen) atoms. The molecule has 0 bridgehead atoms. The van der Waals surface area contributed by atoms with Gasteiger partial charge in [-0.05, 0) is 55.8 Å². The maximum absolute atomic E-state index is 12.4. The molecule has 0 aromatic heterocycles. The predicted molar refractivity (Wildman–Crippen MR) is 81.2 cm³/mol. The van der Waals surface area contributed by atoms with Crippen LogP contribution >= 0.6 is 0 Å². The van der Waals surface area contributed by atoms with Crippen molar-refractivity contribution < 1.29 is 14.3 Å². The molecule has 4 aliphatic carbocycles. The minimum Gasteiger partial charge on any atom is -0.361 e. The molecule has 5 rings (SSSR count). The summed E-state index contributed by atoms with van der Waals surface area (Å²) < 4.78 is 5.85. The van der Waals surface area contributed by atoms with Gasteiger partial charge >= 0.3 is 0 Å². The molecule has 5 fully saturated rings. The topological polar surface area (TPSA) is 46.7 Å². The summed E-state index contributed by atoms with van der Waals surface area (Å²) in [7, 11) is 0. The number of fused-ring (bicyclic) bond motifs is 7. The zero-order valence-electron chi connectivity index (χ0n) is 13.6. The van der Waals surface area contributed by atoms with Crippen molar-refractivity contribution in [2.45, 2.75) is 71.0 Å². The van der Waals surface area contributed by atoms with Crippen molar-refractivity contribution in [1.29, 1.82) is 0 Å². The van der Waals surface area contributed by atoms with Crippen LogP contribution in [0.2, 0.25) is 0 Å². The van der Waals surface area contributed by atoms with Crippen molar-refractivity contribution in [1.82, 2.24) is 0 Å². The summed E-state index contributed by atoms with van der Waals surface area (Å²) >= 11 is 0. The van der Waals surface area contributed by atoms with E-state index < -0.39 is 0 Å². The van der Waals surface area contributed by atoms with Gasteiger partial charge in [-0.15, -0.1) is 0 Å². The Balaban J connectivity index is 1.51. The molecule has 1 saturated heterocycles. The summed E-state index contributed by atoms with van der Waals surface area (Å²) in [6, 6.07) is 0. The van der Waals surface area contributed by atoms with E-state index in [9.17, 15) is 9.59 Å². The summed E-state index contributed by atoms with van der Waals surface area (Å²) in [5.41, 5.74) is 0.146. The number of hydrogen-bond acceptors (Lipinski definition) is 3. The Morgan fingerprint density at radius 3 is 2.68 bits per heavy atom. The molecular formula is C19H26O3. The highest BCUT2D eigenvalue weighted by Gasteiger charge is 2.69. The number of rotatable bonds is 0. The van der Waals surface area contributed by atoms with Crippen LogP contribution in [0.15, 0.2) is 0 Å². The second-order valence-corrected chi connectivity index (χ2v) is 9.08. The van der Waals surface area contributed by atoms with Crippen molar-refractivity contribution in [3.05, 3.63) is 0 Å². The van der Waals surface area contributed by atoms with Gasteiger partial charge in [0, 0.05) is 23.7 Å². The lowest BCUT2D eigenvalue weighted by Gasteiger charge is -2.58. The molecule has 1 heterocycles. The first-order chi connectivity index (χ1) is 10.5. The molecule has 0 N–H and O–H groups in total. The maximum Gasteiger partial charge on any atom is 0.164 e. The highest BCUT2D eigenvalue weighted by Crippen LogP contribution is 2.67. The Kier molecular flexibility index (Phi) is 2.51.